The number of carbonyl (C=O) groups excluding carboxylic acids is 1. The van der Waals surface area contributed by atoms with E-state index >= 15 is 0 Å². The fourth-order valence-corrected chi connectivity index (χ4v) is 2.83. The first-order chi connectivity index (χ1) is 12.4. The first kappa shape index (κ1) is 17.8. The van der Waals surface area contributed by atoms with Gasteiger partial charge < -0.3 is 5.32 Å². The topological polar surface area (TPSA) is 29.1 Å². The third-order valence-electron chi connectivity index (χ3n) is 4.58. The Labute approximate surface area is 151 Å². The molecule has 2 nitrogen and oxygen atoms in total. The van der Waals surface area contributed by atoms with Gasteiger partial charge in [0.25, 0.3) is 5.91 Å². The zero-order valence-electron chi connectivity index (χ0n) is 14.9. The maximum atomic E-state index is 14.1. The molecule has 0 bridgehead atoms. The Bertz CT molecular complexity index is 995. The number of amides is 1. The zero-order chi connectivity index (χ0) is 18.8. The molecular weight excluding hydrogens is 332 g/mol. The molecule has 0 aromatic heterocycles. The number of hydrogen-bond donors (Lipinski definition) is 1. The summed E-state index contributed by atoms with van der Waals surface area (Å²) in [4.78, 5) is 12.7. The van der Waals surface area contributed by atoms with Crippen molar-refractivity contribution in [3.63, 3.8) is 0 Å². The molecule has 3 aromatic rings. The standard InChI is InChI=1S/C22H19F2NO/c1-13-5-4-6-18(15(13)3)22(26)25-21-11-16(8-7-14(21)2)19-10-9-17(23)12-20(19)24/h4-12H,1-3H3,(H,25,26). The van der Waals surface area contributed by atoms with Gasteiger partial charge in [-0.05, 0) is 67.3 Å². The molecule has 0 saturated carbocycles. The lowest BCUT2D eigenvalue weighted by Crippen LogP contribution is -2.14. The monoisotopic (exact) mass is 351 g/mol. The van der Waals surface area contributed by atoms with Gasteiger partial charge in [0.2, 0.25) is 0 Å². The fraction of sp³-hybridized carbons (Fsp3) is 0.136. The van der Waals surface area contributed by atoms with Crippen LogP contribution in [-0.4, -0.2) is 5.91 Å². The number of halogens is 2. The minimum Gasteiger partial charge on any atom is -0.322 e. The second kappa shape index (κ2) is 7.08. The van der Waals surface area contributed by atoms with E-state index in [1.165, 1.54) is 12.1 Å². The SMILES string of the molecule is Cc1ccc(-c2ccc(F)cc2F)cc1NC(=O)c1cccc(C)c1C. The van der Waals surface area contributed by atoms with Crippen molar-refractivity contribution in [2.75, 3.05) is 5.32 Å². The van der Waals surface area contributed by atoms with Gasteiger partial charge in [-0.1, -0.05) is 24.3 Å². The first-order valence-electron chi connectivity index (χ1n) is 8.30. The van der Waals surface area contributed by atoms with E-state index in [1.807, 2.05) is 32.9 Å². The third-order valence-corrected chi connectivity index (χ3v) is 4.58. The minimum atomic E-state index is -0.638. The van der Waals surface area contributed by atoms with Gasteiger partial charge in [0.15, 0.2) is 0 Å². The highest BCUT2D eigenvalue weighted by Crippen LogP contribution is 2.28. The van der Waals surface area contributed by atoms with E-state index in [9.17, 15) is 13.6 Å². The lowest BCUT2D eigenvalue weighted by molar-refractivity contribution is 0.102. The van der Waals surface area contributed by atoms with Gasteiger partial charge >= 0.3 is 0 Å². The Hall–Kier alpha value is -3.01. The van der Waals surface area contributed by atoms with Crippen LogP contribution in [0.4, 0.5) is 14.5 Å². The predicted octanol–water partition coefficient (Wildman–Crippen LogP) is 5.81. The summed E-state index contributed by atoms with van der Waals surface area (Å²) in [5, 5.41) is 2.90. The molecule has 0 aliphatic heterocycles. The summed E-state index contributed by atoms with van der Waals surface area (Å²) in [5.74, 6) is -1.48. The average molecular weight is 351 g/mol. The van der Waals surface area contributed by atoms with Gasteiger partial charge in [-0.2, -0.15) is 0 Å². The van der Waals surface area contributed by atoms with Gasteiger partial charge in [-0.15, -0.1) is 0 Å². The summed E-state index contributed by atoms with van der Waals surface area (Å²) in [6.07, 6.45) is 0. The van der Waals surface area contributed by atoms with E-state index in [2.05, 4.69) is 5.32 Å². The molecular formula is C22H19F2NO. The summed E-state index contributed by atoms with van der Waals surface area (Å²) in [6.45, 7) is 5.72. The lowest BCUT2D eigenvalue weighted by atomic mass is 10.0. The molecule has 132 valence electrons. The Morgan fingerprint density at radius 3 is 2.38 bits per heavy atom. The van der Waals surface area contributed by atoms with Crippen molar-refractivity contribution in [3.05, 3.63) is 88.5 Å². The number of rotatable bonds is 3. The largest absolute Gasteiger partial charge is 0.322 e. The number of anilines is 1. The Kier molecular flexibility index (Phi) is 4.85. The van der Waals surface area contributed by atoms with Gasteiger partial charge in [0.05, 0.1) is 0 Å². The number of aryl methyl sites for hydroxylation is 2. The van der Waals surface area contributed by atoms with Gasteiger partial charge in [-0.25, -0.2) is 8.78 Å². The second-order valence-electron chi connectivity index (χ2n) is 6.36. The van der Waals surface area contributed by atoms with Crippen LogP contribution in [0.3, 0.4) is 0 Å². The van der Waals surface area contributed by atoms with Crippen molar-refractivity contribution in [1.29, 1.82) is 0 Å². The molecule has 0 aliphatic rings. The molecule has 0 fully saturated rings. The molecule has 1 amide bonds. The molecule has 1 N–H and O–H groups in total. The first-order valence-corrected chi connectivity index (χ1v) is 8.30. The van der Waals surface area contributed by atoms with Gasteiger partial charge in [-0.3, -0.25) is 4.79 Å². The molecule has 0 atom stereocenters. The highest BCUT2D eigenvalue weighted by Gasteiger charge is 2.13. The average Bonchev–Trinajstić information content (AvgIpc) is 2.59. The van der Waals surface area contributed by atoms with Crippen molar-refractivity contribution >= 4 is 11.6 Å². The van der Waals surface area contributed by atoms with Crippen molar-refractivity contribution in [2.45, 2.75) is 20.8 Å². The number of benzene rings is 3. The highest BCUT2D eigenvalue weighted by molar-refractivity contribution is 6.06. The van der Waals surface area contributed by atoms with E-state index in [1.54, 1.807) is 24.3 Å². The predicted molar refractivity (Wildman–Crippen MR) is 100 cm³/mol. The second-order valence-corrected chi connectivity index (χ2v) is 6.36. The Balaban J connectivity index is 1.96. The molecule has 0 heterocycles. The summed E-state index contributed by atoms with van der Waals surface area (Å²) < 4.78 is 27.2. The Morgan fingerprint density at radius 2 is 1.65 bits per heavy atom. The highest BCUT2D eigenvalue weighted by atomic mass is 19.1. The summed E-state index contributed by atoms with van der Waals surface area (Å²) in [7, 11) is 0. The fourth-order valence-electron chi connectivity index (χ4n) is 2.83. The minimum absolute atomic E-state index is 0.217. The van der Waals surface area contributed by atoms with Crippen LogP contribution in [0.15, 0.2) is 54.6 Å². The van der Waals surface area contributed by atoms with Crippen LogP contribution in [0.25, 0.3) is 11.1 Å². The molecule has 3 rings (SSSR count). The van der Waals surface area contributed by atoms with Crippen molar-refractivity contribution in [2.24, 2.45) is 0 Å². The van der Waals surface area contributed by atoms with Crippen molar-refractivity contribution < 1.29 is 13.6 Å². The number of nitrogens with one attached hydrogen (secondary N) is 1. The van der Waals surface area contributed by atoms with Crippen molar-refractivity contribution in [3.8, 4) is 11.1 Å². The van der Waals surface area contributed by atoms with Crippen LogP contribution in [0.2, 0.25) is 0 Å². The van der Waals surface area contributed by atoms with E-state index in [0.29, 0.717) is 16.8 Å². The van der Waals surface area contributed by atoms with E-state index in [4.69, 9.17) is 0 Å². The lowest BCUT2D eigenvalue weighted by Gasteiger charge is -2.13. The molecule has 0 aliphatic carbocycles. The maximum absolute atomic E-state index is 14.1. The van der Waals surface area contributed by atoms with Crippen LogP contribution in [0, 0.1) is 32.4 Å². The molecule has 0 radical (unpaired) electrons. The molecule has 26 heavy (non-hydrogen) atoms. The number of carbonyl (C=O) groups is 1. The Morgan fingerprint density at radius 1 is 0.885 bits per heavy atom. The van der Waals surface area contributed by atoms with E-state index in [0.717, 1.165) is 22.8 Å². The number of hydrogen-bond acceptors (Lipinski definition) is 1. The molecule has 0 unspecified atom stereocenters. The summed E-state index contributed by atoms with van der Waals surface area (Å²) >= 11 is 0. The van der Waals surface area contributed by atoms with Crippen LogP contribution in [-0.2, 0) is 0 Å². The van der Waals surface area contributed by atoms with E-state index < -0.39 is 11.6 Å². The summed E-state index contributed by atoms with van der Waals surface area (Å²) in [5.41, 5.74) is 4.87. The molecule has 0 saturated heterocycles. The van der Waals surface area contributed by atoms with Crippen LogP contribution < -0.4 is 5.32 Å². The molecule has 4 heteroatoms. The van der Waals surface area contributed by atoms with E-state index in [-0.39, 0.29) is 11.5 Å². The third kappa shape index (κ3) is 3.49. The molecule has 3 aromatic carbocycles. The van der Waals surface area contributed by atoms with Crippen LogP contribution >= 0.6 is 0 Å². The normalized spacial score (nSPS) is 10.7. The smallest absolute Gasteiger partial charge is 0.255 e. The van der Waals surface area contributed by atoms with Crippen LogP contribution in [0.5, 0.6) is 0 Å². The quantitative estimate of drug-likeness (QED) is 0.634. The van der Waals surface area contributed by atoms with Gasteiger partial charge in [0.1, 0.15) is 11.6 Å². The zero-order valence-corrected chi connectivity index (χ0v) is 14.9. The summed E-state index contributed by atoms with van der Waals surface area (Å²) in [6, 6.07) is 14.3. The molecule has 0 spiro atoms. The maximum Gasteiger partial charge on any atom is 0.255 e. The van der Waals surface area contributed by atoms with Crippen LogP contribution in [0.1, 0.15) is 27.0 Å². The van der Waals surface area contributed by atoms with Crippen molar-refractivity contribution in [1.82, 2.24) is 0 Å². The van der Waals surface area contributed by atoms with Gasteiger partial charge in [0, 0.05) is 22.9 Å².